The standard InChI is InChI=1S/C13H12N2O4S/c1-2-7-15(9-13(16)17)20(18,19)10-12-5-3-11(8-14)4-6-12/h1,3-6H,7,9-10H2,(H,16,17). The molecule has 1 aromatic rings. The molecule has 0 aliphatic heterocycles. The number of rotatable bonds is 6. The third-order valence-corrected chi connectivity index (χ3v) is 4.15. The molecular weight excluding hydrogens is 280 g/mol. The molecule has 0 heterocycles. The largest absolute Gasteiger partial charge is 0.480 e. The summed E-state index contributed by atoms with van der Waals surface area (Å²) >= 11 is 0. The van der Waals surface area contributed by atoms with Crippen molar-refractivity contribution in [2.75, 3.05) is 13.1 Å². The zero-order valence-electron chi connectivity index (χ0n) is 10.5. The zero-order chi connectivity index (χ0) is 15.2. The first kappa shape index (κ1) is 15.7. The monoisotopic (exact) mass is 292 g/mol. The molecule has 1 N–H and O–H groups in total. The van der Waals surface area contributed by atoms with Gasteiger partial charge in [-0.2, -0.15) is 9.57 Å². The molecule has 0 amide bonds. The smallest absolute Gasteiger partial charge is 0.318 e. The summed E-state index contributed by atoms with van der Waals surface area (Å²) in [6.07, 6.45) is 5.05. The van der Waals surface area contributed by atoms with E-state index in [-0.39, 0.29) is 12.3 Å². The summed E-state index contributed by atoms with van der Waals surface area (Å²) in [5, 5.41) is 17.4. The summed E-state index contributed by atoms with van der Waals surface area (Å²) in [5.41, 5.74) is 0.869. The van der Waals surface area contributed by atoms with Gasteiger partial charge in [0, 0.05) is 0 Å². The summed E-state index contributed by atoms with van der Waals surface area (Å²) in [6, 6.07) is 7.92. The first-order chi connectivity index (χ1) is 9.39. The van der Waals surface area contributed by atoms with Gasteiger partial charge in [-0.15, -0.1) is 6.42 Å². The number of nitriles is 1. The minimum absolute atomic E-state index is 0.301. The lowest BCUT2D eigenvalue weighted by atomic mass is 10.2. The van der Waals surface area contributed by atoms with Crippen LogP contribution in [0.4, 0.5) is 0 Å². The number of carboxylic acids is 1. The van der Waals surface area contributed by atoms with Crippen molar-refractivity contribution in [3.05, 3.63) is 35.4 Å². The van der Waals surface area contributed by atoms with E-state index in [1.165, 1.54) is 24.3 Å². The zero-order valence-corrected chi connectivity index (χ0v) is 11.3. The summed E-state index contributed by atoms with van der Waals surface area (Å²) in [5.74, 6) is 0.482. The van der Waals surface area contributed by atoms with Crippen molar-refractivity contribution >= 4 is 16.0 Å². The fraction of sp³-hybridized carbons (Fsp3) is 0.231. The molecule has 6 nitrogen and oxygen atoms in total. The number of nitrogens with zero attached hydrogens (tertiary/aromatic N) is 2. The third kappa shape index (κ3) is 4.39. The van der Waals surface area contributed by atoms with E-state index in [1.807, 2.05) is 6.07 Å². The van der Waals surface area contributed by atoms with Crippen molar-refractivity contribution in [2.45, 2.75) is 5.75 Å². The molecule has 0 aliphatic carbocycles. The first-order valence-corrected chi connectivity index (χ1v) is 7.12. The molecule has 1 aromatic carbocycles. The van der Waals surface area contributed by atoms with Crippen LogP contribution in [0.15, 0.2) is 24.3 Å². The van der Waals surface area contributed by atoms with E-state index in [9.17, 15) is 13.2 Å². The van der Waals surface area contributed by atoms with E-state index < -0.39 is 22.5 Å². The molecule has 104 valence electrons. The molecule has 0 aliphatic rings. The third-order valence-electron chi connectivity index (χ3n) is 2.40. The van der Waals surface area contributed by atoms with Crippen LogP contribution in [-0.4, -0.2) is 36.9 Å². The maximum absolute atomic E-state index is 12.1. The minimum Gasteiger partial charge on any atom is -0.480 e. The van der Waals surface area contributed by atoms with E-state index in [0.29, 0.717) is 11.1 Å². The average molecular weight is 292 g/mol. The van der Waals surface area contributed by atoms with Crippen molar-refractivity contribution in [1.29, 1.82) is 5.26 Å². The van der Waals surface area contributed by atoms with Crippen LogP contribution in [0, 0.1) is 23.7 Å². The molecule has 0 atom stereocenters. The fourth-order valence-corrected chi connectivity index (χ4v) is 2.86. The second-order valence-electron chi connectivity index (χ2n) is 3.93. The topological polar surface area (TPSA) is 98.5 Å². The van der Waals surface area contributed by atoms with Gasteiger partial charge >= 0.3 is 5.97 Å². The molecule has 0 fully saturated rings. The Labute approximate surface area is 117 Å². The lowest BCUT2D eigenvalue weighted by molar-refractivity contribution is -0.137. The number of carboxylic acid groups (broad SMARTS) is 1. The van der Waals surface area contributed by atoms with Crippen LogP contribution in [0.5, 0.6) is 0 Å². The minimum atomic E-state index is -3.83. The number of hydrogen-bond acceptors (Lipinski definition) is 4. The van der Waals surface area contributed by atoms with Crippen molar-refractivity contribution in [1.82, 2.24) is 4.31 Å². The quantitative estimate of drug-likeness (QED) is 0.766. The molecule has 0 saturated carbocycles. The summed E-state index contributed by atoms with van der Waals surface area (Å²) in [4.78, 5) is 10.7. The highest BCUT2D eigenvalue weighted by atomic mass is 32.2. The molecule has 0 spiro atoms. The van der Waals surface area contributed by atoms with Crippen molar-refractivity contribution in [2.24, 2.45) is 0 Å². The van der Waals surface area contributed by atoms with Crippen LogP contribution >= 0.6 is 0 Å². The van der Waals surface area contributed by atoms with Gasteiger partial charge in [0.15, 0.2) is 0 Å². The second kappa shape index (κ2) is 6.71. The number of sulfonamides is 1. The highest BCUT2D eigenvalue weighted by Gasteiger charge is 2.24. The van der Waals surface area contributed by atoms with E-state index in [2.05, 4.69) is 5.92 Å². The van der Waals surface area contributed by atoms with Gasteiger partial charge in [-0.3, -0.25) is 4.79 Å². The van der Waals surface area contributed by atoms with Gasteiger partial charge in [-0.05, 0) is 17.7 Å². The summed E-state index contributed by atoms with van der Waals surface area (Å²) in [7, 11) is -3.83. The average Bonchev–Trinajstić information content (AvgIpc) is 2.38. The number of benzene rings is 1. The van der Waals surface area contributed by atoms with Crippen LogP contribution in [0.2, 0.25) is 0 Å². The molecule has 0 saturated heterocycles. The predicted molar refractivity (Wildman–Crippen MR) is 71.8 cm³/mol. The van der Waals surface area contributed by atoms with Gasteiger partial charge in [0.1, 0.15) is 6.54 Å². The number of carbonyl (C=O) groups is 1. The summed E-state index contributed by atoms with van der Waals surface area (Å²) < 4.78 is 24.9. The van der Waals surface area contributed by atoms with Gasteiger partial charge in [0.05, 0.1) is 23.9 Å². The fourth-order valence-electron chi connectivity index (χ4n) is 1.48. The van der Waals surface area contributed by atoms with Crippen molar-refractivity contribution in [3.63, 3.8) is 0 Å². The highest BCUT2D eigenvalue weighted by Crippen LogP contribution is 2.11. The maximum atomic E-state index is 12.1. The van der Waals surface area contributed by atoms with Crippen LogP contribution < -0.4 is 0 Å². The highest BCUT2D eigenvalue weighted by molar-refractivity contribution is 7.88. The van der Waals surface area contributed by atoms with Gasteiger partial charge < -0.3 is 5.11 Å². The molecule has 7 heteroatoms. The number of terminal acetylenes is 1. The normalized spacial score (nSPS) is 10.8. The maximum Gasteiger partial charge on any atom is 0.318 e. The molecule has 0 aromatic heterocycles. The van der Waals surface area contributed by atoms with Gasteiger partial charge in [-0.1, -0.05) is 18.1 Å². The van der Waals surface area contributed by atoms with Crippen LogP contribution in [0.3, 0.4) is 0 Å². The van der Waals surface area contributed by atoms with E-state index >= 15 is 0 Å². The Hall–Kier alpha value is -2.35. The second-order valence-corrected chi connectivity index (χ2v) is 5.90. The first-order valence-electron chi connectivity index (χ1n) is 5.51. The molecule has 0 radical (unpaired) electrons. The van der Waals surface area contributed by atoms with E-state index in [4.69, 9.17) is 16.8 Å². The SMILES string of the molecule is C#CCN(CC(=O)O)S(=O)(=O)Cc1ccc(C#N)cc1. The molecular formula is C13H12N2O4S. The van der Waals surface area contributed by atoms with Crippen molar-refractivity contribution in [3.8, 4) is 18.4 Å². The van der Waals surface area contributed by atoms with Crippen molar-refractivity contribution < 1.29 is 18.3 Å². The Bertz CT molecular complexity index is 666. The molecule has 0 bridgehead atoms. The van der Waals surface area contributed by atoms with E-state index in [1.54, 1.807) is 0 Å². The Morgan fingerprint density at radius 1 is 1.35 bits per heavy atom. The van der Waals surface area contributed by atoms with Crippen LogP contribution in [0.1, 0.15) is 11.1 Å². The van der Waals surface area contributed by atoms with Gasteiger partial charge in [0.2, 0.25) is 10.0 Å². The number of hydrogen-bond donors (Lipinski definition) is 1. The van der Waals surface area contributed by atoms with Gasteiger partial charge in [-0.25, -0.2) is 8.42 Å². The Kier molecular flexibility index (Phi) is 5.27. The van der Waals surface area contributed by atoms with Crippen LogP contribution in [0.25, 0.3) is 0 Å². The lowest BCUT2D eigenvalue weighted by Gasteiger charge is -2.17. The molecule has 20 heavy (non-hydrogen) atoms. The Morgan fingerprint density at radius 2 is 1.95 bits per heavy atom. The Balaban J connectivity index is 2.93. The molecule has 0 unspecified atom stereocenters. The summed E-state index contributed by atoms with van der Waals surface area (Å²) in [6.45, 7) is -0.978. The van der Waals surface area contributed by atoms with Gasteiger partial charge in [0.25, 0.3) is 0 Å². The van der Waals surface area contributed by atoms with E-state index in [0.717, 1.165) is 4.31 Å². The van der Waals surface area contributed by atoms with Crippen LogP contribution in [-0.2, 0) is 20.6 Å². The molecule has 1 rings (SSSR count). The Morgan fingerprint density at radius 3 is 2.40 bits per heavy atom. The predicted octanol–water partition coefficient (Wildman–Crippen LogP) is 0.408. The number of aliphatic carboxylic acids is 1. The lowest BCUT2D eigenvalue weighted by Crippen LogP contribution is -2.36.